The van der Waals surface area contributed by atoms with Crippen molar-refractivity contribution < 1.29 is 9.90 Å². The van der Waals surface area contributed by atoms with Gasteiger partial charge in [0, 0.05) is 18.7 Å². The van der Waals surface area contributed by atoms with Gasteiger partial charge in [-0.3, -0.25) is 4.79 Å². The number of carbonyl (C=O) groups excluding carboxylic acids is 1. The Kier molecular flexibility index (Phi) is 3.97. The van der Waals surface area contributed by atoms with Crippen LogP contribution in [0.3, 0.4) is 0 Å². The van der Waals surface area contributed by atoms with Crippen LogP contribution in [0.4, 0.5) is 0 Å². The zero-order valence-electron chi connectivity index (χ0n) is 14.0. The molecule has 1 fully saturated rings. The second-order valence-electron chi connectivity index (χ2n) is 6.53. The summed E-state index contributed by atoms with van der Waals surface area (Å²) in [7, 11) is 1.81. The zero-order chi connectivity index (χ0) is 17.4. The first kappa shape index (κ1) is 15.8. The molecule has 0 aliphatic heterocycles. The highest BCUT2D eigenvalue weighted by Gasteiger charge is 2.34. The van der Waals surface area contributed by atoms with Crippen molar-refractivity contribution in [2.75, 3.05) is 6.54 Å². The van der Waals surface area contributed by atoms with Crippen molar-refractivity contribution in [3.05, 3.63) is 59.7 Å². The van der Waals surface area contributed by atoms with Crippen LogP contribution in [0.1, 0.15) is 34.9 Å². The standard InChI is InChI=1S/C19H20N4O2/c1-22-17-11-14(7-10-16(17)20-21-22)19(25)23(15-8-9-15)12-18(24)13-5-3-2-4-6-13/h2-7,10-11,15,18,24H,8-9,12H2,1H3. The Balaban J connectivity index is 1.59. The number of benzene rings is 2. The molecule has 1 heterocycles. The molecule has 1 saturated carbocycles. The fraction of sp³-hybridized carbons (Fsp3) is 0.316. The van der Waals surface area contributed by atoms with E-state index < -0.39 is 6.10 Å². The molecule has 6 heteroatoms. The number of rotatable bonds is 5. The summed E-state index contributed by atoms with van der Waals surface area (Å²) in [5, 5.41) is 18.6. The van der Waals surface area contributed by atoms with Gasteiger partial charge >= 0.3 is 0 Å². The van der Waals surface area contributed by atoms with Crippen molar-refractivity contribution in [3.8, 4) is 0 Å². The van der Waals surface area contributed by atoms with Crippen LogP contribution in [0.15, 0.2) is 48.5 Å². The Morgan fingerprint density at radius 1 is 1.28 bits per heavy atom. The molecular formula is C19H20N4O2. The molecule has 1 amide bonds. The summed E-state index contributed by atoms with van der Waals surface area (Å²) < 4.78 is 1.66. The number of aliphatic hydroxyl groups excluding tert-OH is 1. The van der Waals surface area contributed by atoms with Crippen LogP contribution < -0.4 is 0 Å². The van der Waals surface area contributed by atoms with E-state index >= 15 is 0 Å². The fourth-order valence-electron chi connectivity index (χ4n) is 3.08. The molecule has 1 aromatic heterocycles. The number of aryl methyl sites for hydroxylation is 1. The maximum absolute atomic E-state index is 13.0. The van der Waals surface area contributed by atoms with Gasteiger partial charge in [-0.1, -0.05) is 35.5 Å². The van der Waals surface area contributed by atoms with E-state index in [1.807, 2.05) is 42.5 Å². The van der Waals surface area contributed by atoms with Gasteiger partial charge < -0.3 is 10.0 Å². The number of aromatic nitrogens is 3. The highest BCUT2D eigenvalue weighted by atomic mass is 16.3. The Morgan fingerprint density at radius 3 is 2.76 bits per heavy atom. The minimum absolute atomic E-state index is 0.0550. The molecule has 0 bridgehead atoms. The van der Waals surface area contributed by atoms with Crippen molar-refractivity contribution in [1.82, 2.24) is 19.9 Å². The van der Waals surface area contributed by atoms with E-state index in [1.54, 1.807) is 22.7 Å². The van der Waals surface area contributed by atoms with E-state index in [0.717, 1.165) is 29.4 Å². The average molecular weight is 336 g/mol. The van der Waals surface area contributed by atoms with E-state index in [4.69, 9.17) is 0 Å². The third-order valence-electron chi connectivity index (χ3n) is 4.66. The lowest BCUT2D eigenvalue weighted by molar-refractivity contribution is 0.0603. The van der Waals surface area contributed by atoms with Crippen LogP contribution in [-0.2, 0) is 7.05 Å². The van der Waals surface area contributed by atoms with E-state index in [2.05, 4.69) is 10.3 Å². The maximum Gasteiger partial charge on any atom is 0.254 e. The Bertz CT molecular complexity index is 902. The molecule has 1 unspecified atom stereocenters. The molecule has 0 saturated heterocycles. The van der Waals surface area contributed by atoms with E-state index in [1.165, 1.54) is 0 Å². The van der Waals surface area contributed by atoms with Gasteiger partial charge in [0.2, 0.25) is 0 Å². The smallest absolute Gasteiger partial charge is 0.254 e. The second kappa shape index (κ2) is 6.29. The second-order valence-corrected chi connectivity index (χ2v) is 6.53. The summed E-state index contributed by atoms with van der Waals surface area (Å²) in [5.41, 5.74) is 3.02. The fourth-order valence-corrected chi connectivity index (χ4v) is 3.08. The number of carbonyl (C=O) groups is 1. The first-order valence-corrected chi connectivity index (χ1v) is 8.47. The van der Waals surface area contributed by atoms with Crippen LogP contribution in [0.2, 0.25) is 0 Å². The lowest BCUT2D eigenvalue weighted by Crippen LogP contribution is -2.36. The van der Waals surface area contributed by atoms with Crippen molar-refractivity contribution in [3.63, 3.8) is 0 Å². The molecule has 128 valence electrons. The number of amides is 1. The van der Waals surface area contributed by atoms with Crippen molar-refractivity contribution in [1.29, 1.82) is 0 Å². The summed E-state index contributed by atoms with van der Waals surface area (Å²) >= 11 is 0. The van der Waals surface area contributed by atoms with Crippen molar-refractivity contribution >= 4 is 16.9 Å². The SMILES string of the molecule is Cn1nnc2ccc(C(=O)N(CC(O)c3ccccc3)C3CC3)cc21. The zero-order valence-corrected chi connectivity index (χ0v) is 14.0. The van der Waals surface area contributed by atoms with Crippen molar-refractivity contribution in [2.45, 2.75) is 25.0 Å². The lowest BCUT2D eigenvalue weighted by Gasteiger charge is -2.25. The highest BCUT2D eigenvalue weighted by molar-refractivity contribution is 5.97. The van der Waals surface area contributed by atoms with E-state index in [0.29, 0.717) is 12.1 Å². The molecule has 1 aliphatic carbocycles. The normalized spacial score (nSPS) is 15.3. The van der Waals surface area contributed by atoms with E-state index in [9.17, 15) is 9.90 Å². The molecule has 25 heavy (non-hydrogen) atoms. The third-order valence-corrected chi connectivity index (χ3v) is 4.66. The number of aliphatic hydroxyl groups is 1. The predicted molar refractivity (Wildman–Crippen MR) is 94.0 cm³/mol. The van der Waals surface area contributed by atoms with Gasteiger partial charge in [-0.25, -0.2) is 4.68 Å². The molecule has 1 atom stereocenters. The molecular weight excluding hydrogens is 316 g/mol. The summed E-state index contributed by atoms with van der Waals surface area (Å²) in [6.45, 7) is 0.301. The quantitative estimate of drug-likeness (QED) is 0.776. The summed E-state index contributed by atoms with van der Waals surface area (Å²) in [6, 6.07) is 15.1. The number of hydrogen-bond donors (Lipinski definition) is 1. The van der Waals surface area contributed by atoms with Crippen molar-refractivity contribution in [2.24, 2.45) is 7.05 Å². The highest BCUT2D eigenvalue weighted by Crippen LogP contribution is 2.30. The number of hydrogen-bond acceptors (Lipinski definition) is 4. The van der Waals surface area contributed by atoms with Crippen LogP contribution in [-0.4, -0.2) is 43.5 Å². The van der Waals surface area contributed by atoms with Crippen LogP contribution in [0.5, 0.6) is 0 Å². The Morgan fingerprint density at radius 2 is 2.04 bits per heavy atom. The van der Waals surface area contributed by atoms with Gasteiger partial charge in [0.05, 0.1) is 18.2 Å². The first-order chi connectivity index (χ1) is 12.1. The molecule has 1 N–H and O–H groups in total. The minimum atomic E-state index is -0.687. The molecule has 3 aromatic rings. The molecule has 6 nitrogen and oxygen atoms in total. The summed E-state index contributed by atoms with van der Waals surface area (Å²) in [5.74, 6) is -0.0550. The molecule has 2 aromatic carbocycles. The maximum atomic E-state index is 13.0. The van der Waals surface area contributed by atoms with Crippen LogP contribution >= 0.6 is 0 Å². The van der Waals surface area contributed by atoms with Gasteiger partial charge in [0.1, 0.15) is 5.52 Å². The lowest BCUT2D eigenvalue weighted by atomic mass is 10.1. The number of fused-ring (bicyclic) bond motifs is 1. The third kappa shape index (κ3) is 3.13. The summed E-state index contributed by atoms with van der Waals surface area (Å²) in [6.07, 6.45) is 1.29. The number of nitrogens with zero attached hydrogens (tertiary/aromatic N) is 4. The Labute approximate surface area is 145 Å². The van der Waals surface area contributed by atoms with Crippen LogP contribution in [0, 0.1) is 0 Å². The van der Waals surface area contributed by atoms with Crippen LogP contribution in [0.25, 0.3) is 11.0 Å². The monoisotopic (exact) mass is 336 g/mol. The minimum Gasteiger partial charge on any atom is -0.387 e. The predicted octanol–water partition coefficient (Wildman–Crippen LogP) is 2.31. The van der Waals surface area contributed by atoms with Gasteiger partial charge in [0.25, 0.3) is 5.91 Å². The molecule has 0 spiro atoms. The van der Waals surface area contributed by atoms with Gasteiger partial charge in [-0.2, -0.15) is 0 Å². The average Bonchev–Trinajstić information content (AvgIpc) is 3.43. The van der Waals surface area contributed by atoms with Gasteiger partial charge in [-0.05, 0) is 36.6 Å². The molecule has 1 aliphatic rings. The van der Waals surface area contributed by atoms with Gasteiger partial charge in [-0.15, -0.1) is 5.10 Å². The van der Waals surface area contributed by atoms with E-state index in [-0.39, 0.29) is 11.9 Å². The first-order valence-electron chi connectivity index (χ1n) is 8.47. The van der Waals surface area contributed by atoms with Gasteiger partial charge in [0.15, 0.2) is 0 Å². The largest absolute Gasteiger partial charge is 0.387 e. The topological polar surface area (TPSA) is 71.2 Å². The molecule has 4 rings (SSSR count). The Hall–Kier alpha value is -2.73. The molecule has 0 radical (unpaired) electrons. The summed E-state index contributed by atoms with van der Waals surface area (Å²) in [4.78, 5) is 14.8.